The second kappa shape index (κ2) is 13.8. The lowest BCUT2D eigenvalue weighted by Gasteiger charge is -2.34. The minimum atomic E-state index is -0.00165. The third-order valence-electron chi connectivity index (χ3n) is 11.9. The van der Waals surface area contributed by atoms with Crippen molar-refractivity contribution in [3.8, 4) is 11.5 Å². The fourth-order valence-electron chi connectivity index (χ4n) is 6.18. The highest BCUT2D eigenvalue weighted by molar-refractivity contribution is 5.53. The Morgan fingerprint density at radius 1 is 0.500 bits per heavy atom. The summed E-state index contributed by atoms with van der Waals surface area (Å²) in [5, 5.41) is 0. The maximum absolute atomic E-state index is 6.70. The smallest absolute Gasteiger partial charge is 0.126 e. The first kappa shape index (κ1) is 36.8. The predicted octanol–water partition coefficient (Wildman–Crippen LogP) is 10.6. The van der Waals surface area contributed by atoms with E-state index in [1.54, 1.807) is 0 Å². The molecule has 0 aliphatic carbocycles. The van der Waals surface area contributed by atoms with E-state index >= 15 is 0 Å². The molecular formula is C42H66O4. The summed E-state index contributed by atoms with van der Waals surface area (Å²) in [5.74, 6) is 2.17. The number of rotatable bonds is 17. The van der Waals surface area contributed by atoms with Gasteiger partial charge in [-0.05, 0) is 85.2 Å². The molecule has 4 atom stereocenters. The summed E-state index contributed by atoms with van der Waals surface area (Å²) in [5.41, 5.74) is 8.11. The molecule has 258 valence electrons. The van der Waals surface area contributed by atoms with Gasteiger partial charge in [-0.2, -0.15) is 0 Å². The zero-order valence-corrected chi connectivity index (χ0v) is 31.9. The predicted molar refractivity (Wildman–Crippen MR) is 193 cm³/mol. The van der Waals surface area contributed by atoms with Crippen molar-refractivity contribution in [2.24, 2.45) is 0 Å². The lowest BCUT2D eigenvalue weighted by Crippen LogP contribution is -2.25. The van der Waals surface area contributed by atoms with Crippen LogP contribution in [0.2, 0.25) is 0 Å². The minimum absolute atomic E-state index is 0.00165. The molecule has 2 saturated heterocycles. The van der Waals surface area contributed by atoms with Gasteiger partial charge in [-0.25, -0.2) is 0 Å². The molecule has 4 rings (SSSR count). The van der Waals surface area contributed by atoms with Gasteiger partial charge in [-0.15, -0.1) is 0 Å². The normalized spacial score (nSPS) is 21.8. The molecule has 4 heteroatoms. The molecule has 4 nitrogen and oxygen atoms in total. The van der Waals surface area contributed by atoms with Crippen molar-refractivity contribution < 1.29 is 18.9 Å². The molecule has 0 radical (unpaired) electrons. The van der Waals surface area contributed by atoms with Crippen LogP contribution in [0.15, 0.2) is 24.3 Å². The third kappa shape index (κ3) is 8.15. The Hall–Kier alpha value is -2.04. The highest BCUT2D eigenvalue weighted by Gasteiger charge is 2.38. The number of aryl methyl sites for hydroxylation is 2. The zero-order chi connectivity index (χ0) is 34.2. The molecule has 2 aromatic carbocycles. The van der Waals surface area contributed by atoms with Gasteiger partial charge in [0.2, 0.25) is 0 Å². The van der Waals surface area contributed by atoms with Gasteiger partial charge in [0.1, 0.15) is 36.9 Å². The molecule has 0 saturated carbocycles. The van der Waals surface area contributed by atoms with E-state index in [4.69, 9.17) is 18.9 Å². The van der Waals surface area contributed by atoms with Crippen molar-refractivity contribution >= 4 is 0 Å². The van der Waals surface area contributed by atoms with E-state index in [0.29, 0.717) is 13.2 Å². The summed E-state index contributed by atoms with van der Waals surface area (Å²) in [4.78, 5) is 0. The molecule has 0 bridgehead atoms. The monoisotopic (exact) mass is 634 g/mol. The Kier molecular flexibility index (Phi) is 11.1. The molecule has 46 heavy (non-hydrogen) atoms. The third-order valence-corrected chi connectivity index (χ3v) is 11.9. The van der Waals surface area contributed by atoms with Crippen LogP contribution in [-0.2, 0) is 44.0 Å². The Morgan fingerprint density at radius 3 is 0.935 bits per heavy atom. The molecule has 0 aromatic heterocycles. The van der Waals surface area contributed by atoms with E-state index in [0.717, 1.165) is 50.0 Å². The van der Waals surface area contributed by atoms with E-state index in [-0.39, 0.29) is 46.1 Å². The van der Waals surface area contributed by atoms with Gasteiger partial charge < -0.3 is 18.9 Å². The van der Waals surface area contributed by atoms with E-state index < -0.39 is 0 Å². The first-order valence-corrected chi connectivity index (χ1v) is 18.3. The summed E-state index contributed by atoms with van der Waals surface area (Å²) in [6.07, 6.45) is 7.13. The molecule has 0 amide bonds. The maximum atomic E-state index is 6.70. The Morgan fingerprint density at radius 2 is 0.739 bits per heavy atom. The van der Waals surface area contributed by atoms with Crippen LogP contribution in [0.3, 0.4) is 0 Å². The number of hydrogen-bond acceptors (Lipinski definition) is 4. The number of hydrogen-bond donors (Lipinski definition) is 0. The molecule has 2 aliphatic heterocycles. The Balaban J connectivity index is 1.77. The van der Waals surface area contributed by atoms with Crippen LogP contribution in [0.5, 0.6) is 11.5 Å². The fraction of sp³-hybridized carbons (Fsp3) is 0.714. The summed E-state index contributed by atoms with van der Waals surface area (Å²) in [6.45, 7) is 33.6. The number of benzene rings is 2. The van der Waals surface area contributed by atoms with Crippen molar-refractivity contribution in [1.82, 2.24) is 0 Å². The summed E-state index contributed by atoms with van der Waals surface area (Å²) >= 11 is 0. The second-order valence-corrected chi connectivity index (χ2v) is 16.9. The highest BCUT2D eigenvalue weighted by atomic mass is 16.6. The van der Waals surface area contributed by atoms with Crippen molar-refractivity contribution in [3.05, 3.63) is 57.6 Å². The van der Waals surface area contributed by atoms with E-state index in [2.05, 4.69) is 121 Å². The van der Waals surface area contributed by atoms with Crippen molar-refractivity contribution in [1.29, 1.82) is 0 Å². The van der Waals surface area contributed by atoms with Crippen LogP contribution in [-0.4, -0.2) is 37.6 Å². The molecule has 2 heterocycles. The van der Waals surface area contributed by atoms with Crippen LogP contribution >= 0.6 is 0 Å². The average molecular weight is 635 g/mol. The Bertz CT molecular complexity index is 1170. The standard InChI is InChI=1S/C42H66O4/c1-15-39(7,8)31-21-29(22-32(40(9,10)16-2)37(31)43-25-35-27(5)45-35)19-20-30-23-33(41(11,12)17-3)38(44-26-36-28(6)46-36)34(24-30)42(13,14)18-4/h21-24,27-28,35-36H,15-20,25-26H2,1-14H3. The quantitative estimate of drug-likeness (QED) is 0.162. The van der Waals surface area contributed by atoms with Gasteiger partial charge in [0.05, 0.1) is 12.2 Å². The summed E-state index contributed by atoms with van der Waals surface area (Å²) in [7, 11) is 0. The number of epoxide rings is 2. The highest BCUT2D eigenvalue weighted by Crippen LogP contribution is 2.46. The van der Waals surface area contributed by atoms with Gasteiger partial charge in [-0.1, -0.05) is 107 Å². The molecule has 4 unspecified atom stereocenters. The van der Waals surface area contributed by atoms with Crippen molar-refractivity contribution in [3.63, 3.8) is 0 Å². The SMILES string of the molecule is CCC(C)(C)c1cc(CCc2cc(C(C)(C)CC)c(OCC3OC3C)c(C(C)(C)CC)c2)cc(C(C)(C)CC)c1OCC1OC1C. The van der Waals surface area contributed by atoms with Crippen LogP contribution in [0.4, 0.5) is 0 Å². The van der Waals surface area contributed by atoms with Crippen molar-refractivity contribution in [2.75, 3.05) is 13.2 Å². The molecule has 0 N–H and O–H groups in total. The zero-order valence-electron chi connectivity index (χ0n) is 31.9. The molecular weight excluding hydrogens is 568 g/mol. The first-order valence-electron chi connectivity index (χ1n) is 18.3. The van der Waals surface area contributed by atoms with Gasteiger partial charge >= 0.3 is 0 Å². The van der Waals surface area contributed by atoms with E-state index in [1.165, 1.54) is 33.4 Å². The van der Waals surface area contributed by atoms with Gasteiger partial charge in [0, 0.05) is 22.3 Å². The largest absolute Gasteiger partial charge is 0.490 e. The maximum Gasteiger partial charge on any atom is 0.126 e. The van der Waals surface area contributed by atoms with Crippen LogP contribution in [0.25, 0.3) is 0 Å². The summed E-state index contributed by atoms with van der Waals surface area (Å²) < 4.78 is 24.9. The fourth-order valence-corrected chi connectivity index (χ4v) is 6.18. The molecule has 2 aromatic rings. The molecule has 2 fully saturated rings. The van der Waals surface area contributed by atoms with Crippen LogP contribution in [0, 0.1) is 0 Å². The van der Waals surface area contributed by atoms with Crippen LogP contribution in [0.1, 0.15) is 156 Å². The lowest BCUT2D eigenvalue weighted by atomic mass is 9.73. The van der Waals surface area contributed by atoms with Gasteiger partial charge in [-0.3, -0.25) is 0 Å². The first-order chi connectivity index (χ1) is 21.4. The molecule has 2 aliphatic rings. The van der Waals surface area contributed by atoms with Crippen LogP contribution < -0.4 is 9.47 Å². The topological polar surface area (TPSA) is 43.5 Å². The second-order valence-electron chi connectivity index (χ2n) is 16.9. The van der Waals surface area contributed by atoms with Gasteiger partial charge in [0.15, 0.2) is 0 Å². The summed E-state index contributed by atoms with van der Waals surface area (Å²) in [6, 6.07) is 9.81. The van der Waals surface area contributed by atoms with E-state index in [9.17, 15) is 0 Å². The average Bonchev–Trinajstić information content (AvgIpc) is 3.93. The number of ether oxygens (including phenoxy) is 4. The minimum Gasteiger partial charge on any atom is -0.490 e. The van der Waals surface area contributed by atoms with E-state index in [1.807, 2.05) is 0 Å². The Labute approximate surface area is 282 Å². The molecule has 0 spiro atoms. The lowest BCUT2D eigenvalue weighted by molar-refractivity contribution is 0.249. The van der Waals surface area contributed by atoms with Gasteiger partial charge in [0.25, 0.3) is 0 Å². The van der Waals surface area contributed by atoms with Crippen molar-refractivity contribution in [2.45, 2.75) is 182 Å².